The smallest absolute Gasteiger partial charge is 0.246 e. The molecule has 0 spiro atoms. The van der Waals surface area contributed by atoms with E-state index in [2.05, 4.69) is 15.3 Å². The number of ether oxygens (including phenoxy) is 1. The average molecular weight is 185 g/mol. The predicted molar refractivity (Wildman–Crippen MR) is 51.8 cm³/mol. The van der Waals surface area contributed by atoms with Crippen molar-refractivity contribution in [1.29, 1.82) is 0 Å². The van der Waals surface area contributed by atoms with E-state index in [4.69, 9.17) is 4.74 Å². The molecule has 3 rings (SSSR count). The summed E-state index contributed by atoms with van der Waals surface area (Å²) in [5.74, 6) is 1.36. The summed E-state index contributed by atoms with van der Waals surface area (Å²) < 4.78 is 5.56. The van der Waals surface area contributed by atoms with Gasteiger partial charge in [0, 0.05) is 0 Å². The highest BCUT2D eigenvalue weighted by Gasteiger charge is 2.15. The van der Waals surface area contributed by atoms with Gasteiger partial charge in [0.1, 0.15) is 12.0 Å². The van der Waals surface area contributed by atoms with Crippen molar-refractivity contribution >= 4 is 11.4 Å². The lowest BCUT2D eigenvalue weighted by Crippen LogP contribution is -2.04. The Hall–Kier alpha value is -2.10. The molecule has 0 radical (unpaired) electrons. The fourth-order valence-electron chi connectivity index (χ4n) is 1.39. The van der Waals surface area contributed by atoms with Gasteiger partial charge in [0.25, 0.3) is 0 Å². The minimum atomic E-state index is 0.568. The highest BCUT2D eigenvalue weighted by molar-refractivity contribution is 5.72. The topological polar surface area (TPSA) is 47.0 Å². The molecule has 2 aromatic rings. The van der Waals surface area contributed by atoms with Crippen LogP contribution in [0, 0.1) is 0 Å². The standard InChI is InChI=1S/C10H7N3O/c1-2-4-9-7(3-1)13-8-5-11-6-12-10(8)14-9/h1-6,13H. The van der Waals surface area contributed by atoms with Crippen molar-refractivity contribution in [3.63, 3.8) is 0 Å². The molecule has 1 N–H and O–H groups in total. The van der Waals surface area contributed by atoms with Crippen LogP contribution in [0.2, 0.25) is 0 Å². The van der Waals surface area contributed by atoms with Crippen LogP contribution in [0.4, 0.5) is 11.4 Å². The first-order valence-electron chi connectivity index (χ1n) is 4.27. The third-order valence-corrected chi connectivity index (χ3v) is 2.04. The van der Waals surface area contributed by atoms with Gasteiger partial charge >= 0.3 is 0 Å². The number of hydrogen-bond donors (Lipinski definition) is 1. The Morgan fingerprint density at radius 1 is 1.14 bits per heavy atom. The summed E-state index contributed by atoms with van der Waals surface area (Å²) in [6.07, 6.45) is 3.16. The normalized spacial score (nSPS) is 12.0. The molecular formula is C10H7N3O. The first kappa shape index (κ1) is 7.32. The van der Waals surface area contributed by atoms with Gasteiger partial charge < -0.3 is 10.1 Å². The lowest BCUT2D eigenvalue weighted by atomic mass is 10.2. The zero-order valence-corrected chi connectivity index (χ0v) is 7.27. The second-order valence-electron chi connectivity index (χ2n) is 2.96. The van der Waals surface area contributed by atoms with Crippen molar-refractivity contribution in [1.82, 2.24) is 9.97 Å². The Kier molecular flexibility index (Phi) is 1.41. The average Bonchev–Trinajstić information content (AvgIpc) is 2.26. The summed E-state index contributed by atoms with van der Waals surface area (Å²) in [5.41, 5.74) is 1.74. The summed E-state index contributed by atoms with van der Waals surface area (Å²) >= 11 is 0. The molecule has 0 saturated heterocycles. The molecular weight excluding hydrogens is 178 g/mol. The molecule has 0 fully saturated rings. The van der Waals surface area contributed by atoms with Crippen molar-refractivity contribution < 1.29 is 4.74 Å². The number of hydrogen-bond acceptors (Lipinski definition) is 4. The number of fused-ring (bicyclic) bond motifs is 2. The van der Waals surface area contributed by atoms with Gasteiger partial charge in [-0.25, -0.2) is 4.98 Å². The molecule has 4 nitrogen and oxygen atoms in total. The molecule has 1 aromatic carbocycles. The minimum Gasteiger partial charge on any atom is -0.435 e. The number of nitrogens with one attached hydrogen (secondary N) is 1. The van der Waals surface area contributed by atoms with Crippen molar-refractivity contribution in [2.45, 2.75) is 0 Å². The SMILES string of the molecule is c1ccc2c(c1)Nc1cncnc1O2. The summed E-state index contributed by atoms with van der Waals surface area (Å²) in [6, 6.07) is 7.72. The first-order chi connectivity index (χ1) is 6.93. The zero-order chi connectivity index (χ0) is 9.38. The molecule has 1 aliphatic heterocycles. The third kappa shape index (κ3) is 1.01. The first-order valence-corrected chi connectivity index (χ1v) is 4.27. The maximum Gasteiger partial charge on any atom is 0.246 e. The molecule has 14 heavy (non-hydrogen) atoms. The summed E-state index contributed by atoms with van der Waals surface area (Å²) in [7, 11) is 0. The highest BCUT2D eigenvalue weighted by atomic mass is 16.5. The van der Waals surface area contributed by atoms with E-state index < -0.39 is 0 Å². The van der Waals surface area contributed by atoms with Crippen LogP contribution in [0.3, 0.4) is 0 Å². The molecule has 4 heteroatoms. The zero-order valence-electron chi connectivity index (χ0n) is 7.27. The Morgan fingerprint density at radius 3 is 3.07 bits per heavy atom. The number of rotatable bonds is 0. The summed E-state index contributed by atoms with van der Waals surface area (Å²) in [5, 5.41) is 3.19. The number of anilines is 2. The van der Waals surface area contributed by atoms with E-state index in [0.717, 1.165) is 17.1 Å². The Morgan fingerprint density at radius 2 is 2.07 bits per heavy atom. The fraction of sp³-hybridized carbons (Fsp3) is 0. The van der Waals surface area contributed by atoms with Crippen LogP contribution in [0.25, 0.3) is 0 Å². The van der Waals surface area contributed by atoms with E-state index >= 15 is 0 Å². The van der Waals surface area contributed by atoms with Crippen LogP contribution in [-0.2, 0) is 0 Å². The highest BCUT2D eigenvalue weighted by Crippen LogP contribution is 2.39. The minimum absolute atomic E-state index is 0.568. The molecule has 0 unspecified atom stereocenters. The van der Waals surface area contributed by atoms with Crippen LogP contribution in [0.15, 0.2) is 36.8 Å². The maximum absolute atomic E-state index is 5.56. The third-order valence-electron chi connectivity index (χ3n) is 2.04. The number of para-hydroxylation sites is 2. The Balaban J connectivity index is 2.12. The number of benzene rings is 1. The maximum atomic E-state index is 5.56. The molecule has 1 aliphatic rings. The van der Waals surface area contributed by atoms with E-state index in [-0.39, 0.29) is 0 Å². The predicted octanol–water partition coefficient (Wildman–Crippen LogP) is 2.33. The fourth-order valence-corrected chi connectivity index (χ4v) is 1.39. The number of nitrogens with zero attached hydrogens (tertiary/aromatic N) is 2. The molecule has 0 bridgehead atoms. The van der Waals surface area contributed by atoms with Gasteiger partial charge in [-0.05, 0) is 12.1 Å². The van der Waals surface area contributed by atoms with Gasteiger partial charge in [-0.2, -0.15) is 4.98 Å². The van der Waals surface area contributed by atoms with E-state index in [1.54, 1.807) is 6.20 Å². The lowest BCUT2D eigenvalue weighted by Gasteiger charge is -2.19. The molecule has 2 heterocycles. The largest absolute Gasteiger partial charge is 0.435 e. The van der Waals surface area contributed by atoms with Crippen molar-refractivity contribution in [2.75, 3.05) is 5.32 Å². The second kappa shape index (κ2) is 2.70. The Bertz CT molecular complexity index is 397. The van der Waals surface area contributed by atoms with E-state index in [0.29, 0.717) is 5.88 Å². The van der Waals surface area contributed by atoms with E-state index in [1.165, 1.54) is 6.33 Å². The molecule has 1 aromatic heterocycles. The number of aromatic nitrogens is 2. The van der Waals surface area contributed by atoms with Crippen LogP contribution < -0.4 is 10.1 Å². The molecule has 0 aliphatic carbocycles. The van der Waals surface area contributed by atoms with Crippen molar-refractivity contribution in [3.05, 3.63) is 36.8 Å². The van der Waals surface area contributed by atoms with Gasteiger partial charge in [0.15, 0.2) is 5.75 Å². The van der Waals surface area contributed by atoms with Crippen molar-refractivity contribution in [3.8, 4) is 11.6 Å². The van der Waals surface area contributed by atoms with Gasteiger partial charge in [0.2, 0.25) is 5.88 Å². The van der Waals surface area contributed by atoms with Gasteiger partial charge in [0.05, 0.1) is 11.9 Å². The van der Waals surface area contributed by atoms with Gasteiger partial charge in [-0.3, -0.25) is 0 Å². The summed E-state index contributed by atoms with van der Waals surface area (Å²) in [4.78, 5) is 7.94. The van der Waals surface area contributed by atoms with Gasteiger partial charge in [-0.1, -0.05) is 12.1 Å². The van der Waals surface area contributed by atoms with Crippen LogP contribution in [0.5, 0.6) is 11.6 Å². The van der Waals surface area contributed by atoms with Crippen LogP contribution in [0.1, 0.15) is 0 Å². The monoisotopic (exact) mass is 185 g/mol. The van der Waals surface area contributed by atoms with E-state index in [1.807, 2.05) is 24.3 Å². The molecule has 0 amide bonds. The quantitative estimate of drug-likeness (QED) is 0.583. The van der Waals surface area contributed by atoms with Gasteiger partial charge in [-0.15, -0.1) is 0 Å². The summed E-state index contributed by atoms with van der Waals surface area (Å²) in [6.45, 7) is 0. The second-order valence-corrected chi connectivity index (χ2v) is 2.96. The van der Waals surface area contributed by atoms with Crippen LogP contribution >= 0.6 is 0 Å². The molecule has 0 atom stereocenters. The van der Waals surface area contributed by atoms with Crippen LogP contribution in [-0.4, -0.2) is 9.97 Å². The van der Waals surface area contributed by atoms with E-state index in [9.17, 15) is 0 Å². The lowest BCUT2D eigenvalue weighted by molar-refractivity contribution is 0.460. The molecule has 0 saturated carbocycles. The molecule has 68 valence electrons. The van der Waals surface area contributed by atoms with Crippen molar-refractivity contribution in [2.24, 2.45) is 0 Å². The Labute approximate surface area is 80.6 Å².